The van der Waals surface area contributed by atoms with Gasteiger partial charge in [-0.25, -0.2) is 4.98 Å². The minimum atomic E-state index is -0.632. The minimum Gasteiger partial charge on any atom is -0.494 e. The molecule has 0 atom stereocenters. The maximum atomic E-state index is 13.7. The number of fused-ring (bicyclic) bond motifs is 8. The lowest BCUT2D eigenvalue weighted by atomic mass is 9.74. The molecule has 0 saturated carbocycles. The lowest BCUT2D eigenvalue weighted by Gasteiger charge is -2.40. The number of nitrogens with one attached hydrogen (secondary N) is 1. The molecule has 4 aliphatic heterocycles. The standard InChI is InChI=1S/C29H37N7O3S/c37-27(25-19-31-26(40-25)21-34-12-1-2-13-34)35-15-9-29(10-16-35)18-23-20-36(33-32-23)14-3-17-39-24-6-4-22(5-7-24)8-11-30-28(29)38/h4-7,19-20H,1-3,8-18,21H2,(H,30,38). The summed E-state index contributed by atoms with van der Waals surface area (Å²) in [4.78, 5) is 36.6. The van der Waals surface area contributed by atoms with Crippen LogP contribution in [0.2, 0.25) is 0 Å². The van der Waals surface area contributed by atoms with Gasteiger partial charge >= 0.3 is 0 Å². The SMILES string of the molecule is O=C(c1cnc(CN2CCCC2)s1)N1CCC2(CC1)Cc1cn(nn1)CCCOc1ccc(cc1)CCNC2=O. The highest BCUT2D eigenvalue weighted by Crippen LogP contribution is 2.36. The van der Waals surface area contributed by atoms with Crippen molar-refractivity contribution < 1.29 is 14.3 Å². The van der Waals surface area contributed by atoms with Gasteiger partial charge in [0.25, 0.3) is 5.91 Å². The van der Waals surface area contributed by atoms with Crippen LogP contribution in [0.25, 0.3) is 0 Å². The average Bonchev–Trinajstić information content (AvgIpc) is 3.75. The summed E-state index contributed by atoms with van der Waals surface area (Å²) in [6.45, 7) is 5.93. The molecule has 2 fully saturated rings. The van der Waals surface area contributed by atoms with Gasteiger partial charge in [0.05, 0.1) is 30.5 Å². The number of rotatable bonds is 3. The third-order valence-electron chi connectivity index (χ3n) is 8.34. The summed E-state index contributed by atoms with van der Waals surface area (Å²) >= 11 is 1.50. The first-order valence-electron chi connectivity index (χ1n) is 14.4. The quantitative estimate of drug-likeness (QED) is 0.522. The number of hydrogen-bond acceptors (Lipinski definition) is 8. The molecule has 0 radical (unpaired) electrons. The zero-order valence-corrected chi connectivity index (χ0v) is 23.7. The summed E-state index contributed by atoms with van der Waals surface area (Å²) in [5, 5.41) is 12.9. The minimum absolute atomic E-state index is 0.0151. The zero-order chi connectivity index (χ0) is 27.4. The molecule has 4 aliphatic rings. The highest BCUT2D eigenvalue weighted by molar-refractivity contribution is 7.13. The second-order valence-corrected chi connectivity index (χ2v) is 12.3. The van der Waals surface area contributed by atoms with Gasteiger partial charge in [-0.3, -0.25) is 19.2 Å². The number of likely N-dealkylation sites (tertiary alicyclic amines) is 2. The van der Waals surface area contributed by atoms with Crippen LogP contribution < -0.4 is 10.1 Å². The molecule has 7 rings (SSSR count). The van der Waals surface area contributed by atoms with E-state index in [9.17, 15) is 9.59 Å². The van der Waals surface area contributed by atoms with Crippen LogP contribution in [0.5, 0.6) is 5.75 Å². The summed E-state index contributed by atoms with van der Waals surface area (Å²) in [6.07, 6.45) is 9.36. The van der Waals surface area contributed by atoms with Crippen LogP contribution >= 0.6 is 11.3 Å². The van der Waals surface area contributed by atoms with Gasteiger partial charge in [-0.15, -0.1) is 16.4 Å². The number of nitrogens with zero attached hydrogens (tertiary/aromatic N) is 6. The fraction of sp³-hybridized carbons (Fsp3) is 0.552. The second kappa shape index (κ2) is 12.1. The molecule has 0 aliphatic carbocycles. The van der Waals surface area contributed by atoms with Gasteiger partial charge in [0, 0.05) is 45.2 Å². The Balaban J connectivity index is 1.14. The number of carbonyl (C=O) groups is 2. The summed E-state index contributed by atoms with van der Waals surface area (Å²) < 4.78 is 7.69. The van der Waals surface area contributed by atoms with Gasteiger partial charge in [0.2, 0.25) is 5.91 Å². The first-order valence-corrected chi connectivity index (χ1v) is 15.2. The van der Waals surface area contributed by atoms with Crippen LogP contribution in [0.4, 0.5) is 0 Å². The molecule has 4 bridgehead atoms. The normalized spacial score (nSPS) is 20.3. The Morgan fingerprint density at radius 2 is 1.85 bits per heavy atom. The first-order chi connectivity index (χ1) is 19.6. The fourth-order valence-electron chi connectivity index (χ4n) is 5.94. The molecule has 2 saturated heterocycles. The molecule has 3 aromatic rings. The number of piperidine rings is 1. The number of benzene rings is 1. The lowest BCUT2D eigenvalue weighted by Crippen LogP contribution is -2.51. The average molecular weight is 564 g/mol. The summed E-state index contributed by atoms with van der Waals surface area (Å²) in [6, 6.07) is 8.07. The molecule has 1 spiro atoms. The van der Waals surface area contributed by atoms with E-state index in [0.29, 0.717) is 56.9 Å². The van der Waals surface area contributed by atoms with Gasteiger partial charge in [-0.05, 0) is 62.9 Å². The van der Waals surface area contributed by atoms with E-state index >= 15 is 0 Å². The molecule has 0 unspecified atom stereocenters. The Bertz CT molecular complexity index is 1310. The van der Waals surface area contributed by atoms with E-state index in [0.717, 1.165) is 54.5 Å². The van der Waals surface area contributed by atoms with Gasteiger partial charge in [0.1, 0.15) is 15.6 Å². The second-order valence-electron chi connectivity index (χ2n) is 11.2. The highest BCUT2D eigenvalue weighted by Gasteiger charge is 2.43. The predicted molar refractivity (Wildman–Crippen MR) is 151 cm³/mol. The largest absolute Gasteiger partial charge is 0.494 e. The molecule has 2 amide bonds. The van der Waals surface area contributed by atoms with Crippen LogP contribution in [0.1, 0.15) is 58.0 Å². The first kappa shape index (κ1) is 26.9. The smallest absolute Gasteiger partial charge is 0.265 e. The molecule has 1 aromatic carbocycles. The van der Waals surface area contributed by atoms with E-state index < -0.39 is 5.41 Å². The number of carbonyl (C=O) groups excluding carboxylic acids is 2. The predicted octanol–water partition coefficient (Wildman–Crippen LogP) is 2.94. The van der Waals surface area contributed by atoms with E-state index in [1.165, 1.54) is 24.2 Å². The molecule has 6 heterocycles. The van der Waals surface area contributed by atoms with Crippen LogP contribution in [-0.2, 0) is 30.7 Å². The number of ether oxygens (including phenoxy) is 1. The van der Waals surface area contributed by atoms with Crippen LogP contribution in [-0.4, -0.2) is 80.9 Å². The molecule has 1 N–H and O–H groups in total. The third-order valence-corrected chi connectivity index (χ3v) is 9.31. The van der Waals surface area contributed by atoms with Gasteiger partial charge in [0.15, 0.2) is 0 Å². The van der Waals surface area contributed by atoms with E-state index in [1.54, 1.807) is 6.20 Å². The van der Waals surface area contributed by atoms with E-state index in [4.69, 9.17) is 4.74 Å². The zero-order valence-electron chi connectivity index (χ0n) is 22.9. The van der Waals surface area contributed by atoms with Crippen LogP contribution in [0, 0.1) is 5.41 Å². The molecule has 10 nitrogen and oxygen atoms in total. The molecular formula is C29H37N7O3S. The number of aryl methyl sites for hydroxylation is 1. The van der Waals surface area contributed by atoms with Crippen molar-refractivity contribution in [2.24, 2.45) is 5.41 Å². The molecular weight excluding hydrogens is 526 g/mol. The summed E-state index contributed by atoms with van der Waals surface area (Å²) in [7, 11) is 0. The van der Waals surface area contributed by atoms with Crippen molar-refractivity contribution in [2.45, 2.75) is 58.0 Å². The monoisotopic (exact) mass is 563 g/mol. The summed E-state index contributed by atoms with van der Waals surface area (Å²) in [5.74, 6) is 0.892. The van der Waals surface area contributed by atoms with Crippen molar-refractivity contribution in [3.8, 4) is 5.75 Å². The third kappa shape index (κ3) is 6.20. The number of thiazole rings is 1. The maximum Gasteiger partial charge on any atom is 0.265 e. The topological polar surface area (TPSA) is 105 Å². The van der Waals surface area contributed by atoms with E-state index in [2.05, 4.69) is 37.6 Å². The Labute approximate surface area is 238 Å². The van der Waals surface area contributed by atoms with Crippen molar-refractivity contribution >= 4 is 23.2 Å². The van der Waals surface area contributed by atoms with Crippen molar-refractivity contribution in [3.63, 3.8) is 0 Å². The van der Waals surface area contributed by atoms with Crippen molar-refractivity contribution in [1.29, 1.82) is 0 Å². The molecule has 11 heteroatoms. The number of hydrogen-bond donors (Lipinski definition) is 1. The van der Waals surface area contributed by atoms with Gasteiger partial charge in [-0.1, -0.05) is 17.3 Å². The maximum absolute atomic E-state index is 13.7. The van der Waals surface area contributed by atoms with Crippen LogP contribution in [0.3, 0.4) is 0 Å². The van der Waals surface area contributed by atoms with Crippen molar-refractivity contribution in [3.05, 3.63) is 57.8 Å². The number of aromatic nitrogens is 4. The Hall–Kier alpha value is -3.31. The fourth-order valence-corrected chi connectivity index (χ4v) is 6.87. The van der Waals surface area contributed by atoms with E-state index in [1.807, 2.05) is 27.9 Å². The number of amides is 2. The Morgan fingerprint density at radius 3 is 2.65 bits per heavy atom. The van der Waals surface area contributed by atoms with Crippen molar-refractivity contribution in [2.75, 3.05) is 39.3 Å². The Morgan fingerprint density at radius 1 is 1.05 bits per heavy atom. The van der Waals surface area contributed by atoms with Crippen LogP contribution in [0.15, 0.2) is 36.7 Å². The van der Waals surface area contributed by atoms with Crippen molar-refractivity contribution in [1.82, 2.24) is 35.1 Å². The Kier molecular flexibility index (Phi) is 8.10. The van der Waals surface area contributed by atoms with Gasteiger partial charge in [-0.2, -0.15) is 0 Å². The summed E-state index contributed by atoms with van der Waals surface area (Å²) in [5.41, 5.74) is 1.33. The lowest BCUT2D eigenvalue weighted by molar-refractivity contribution is -0.133. The highest BCUT2D eigenvalue weighted by atomic mass is 32.1. The van der Waals surface area contributed by atoms with Gasteiger partial charge < -0.3 is 15.0 Å². The molecule has 2 aromatic heterocycles. The molecule has 212 valence electrons. The van der Waals surface area contributed by atoms with E-state index in [-0.39, 0.29) is 11.8 Å². The molecule has 40 heavy (non-hydrogen) atoms.